The first-order chi connectivity index (χ1) is 15.7. The van der Waals surface area contributed by atoms with Gasteiger partial charge in [0.1, 0.15) is 6.54 Å². The fourth-order valence-electron chi connectivity index (χ4n) is 3.37. The molecule has 3 aromatic rings. The standard InChI is InChI=1S/C25H26Cl2N2O3S/c1-18-11-15-21(16-12-18)33(31,32)29(23-10-6-9-22(26)25(23)27)17-24(30)28-19(2)13-14-20-7-4-3-5-8-20/h3-12,15-16,19H,13-14,17H2,1-2H3,(H,28,30)/t19-/m0/s1. The van der Waals surface area contributed by atoms with Crippen molar-refractivity contribution in [1.29, 1.82) is 0 Å². The van der Waals surface area contributed by atoms with Gasteiger partial charge in [0.25, 0.3) is 10.0 Å². The Labute approximate surface area is 205 Å². The van der Waals surface area contributed by atoms with Crippen LogP contribution in [0.5, 0.6) is 0 Å². The minimum Gasteiger partial charge on any atom is -0.352 e. The van der Waals surface area contributed by atoms with Crippen LogP contribution in [0.1, 0.15) is 24.5 Å². The molecule has 0 fully saturated rings. The van der Waals surface area contributed by atoms with Crippen LogP contribution in [0.15, 0.2) is 77.7 Å². The van der Waals surface area contributed by atoms with Crippen LogP contribution in [0, 0.1) is 6.92 Å². The van der Waals surface area contributed by atoms with Gasteiger partial charge in [-0.2, -0.15) is 0 Å². The lowest BCUT2D eigenvalue weighted by molar-refractivity contribution is -0.120. The molecule has 1 N–H and O–H groups in total. The molecule has 3 aromatic carbocycles. The second kappa shape index (κ2) is 11.1. The molecule has 0 saturated heterocycles. The molecule has 0 bridgehead atoms. The van der Waals surface area contributed by atoms with Crippen LogP contribution in [0.25, 0.3) is 0 Å². The van der Waals surface area contributed by atoms with Crippen LogP contribution in [0.3, 0.4) is 0 Å². The van der Waals surface area contributed by atoms with Crippen molar-refractivity contribution in [2.45, 2.75) is 37.6 Å². The Hall–Kier alpha value is -2.54. The van der Waals surface area contributed by atoms with Gasteiger partial charge in [-0.15, -0.1) is 0 Å². The smallest absolute Gasteiger partial charge is 0.264 e. The Bertz CT molecular complexity index is 1200. The summed E-state index contributed by atoms with van der Waals surface area (Å²) >= 11 is 12.5. The summed E-state index contributed by atoms with van der Waals surface area (Å²) in [5, 5.41) is 3.17. The van der Waals surface area contributed by atoms with Gasteiger partial charge in [-0.25, -0.2) is 8.42 Å². The molecule has 0 radical (unpaired) electrons. The van der Waals surface area contributed by atoms with Crippen LogP contribution < -0.4 is 9.62 Å². The number of nitrogens with zero attached hydrogens (tertiary/aromatic N) is 1. The van der Waals surface area contributed by atoms with E-state index in [4.69, 9.17) is 23.2 Å². The Balaban J connectivity index is 1.81. The molecule has 3 rings (SSSR count). The van der Waals surface area contributed by atoms with Crippen LogP contribution in [0.4, 0.5) is 5.69 Å². The number of nitrogens with one attached hydrogen (secondary N) is 1. The first kappa shape index (κ1) is 25.1. The van der Waals surface area contributed by atoms with E-state index in [1.165, 1.54) is 23.8 Å². The number of rotatable bonds is 9. The average molecular weight is 505 g/mol. The highest BCUT2D eigenvalue weighted by Crippen LogP contribution is 2.35. The molecule has 0 aromatic heterocycles. The monoisotopic (exact) mass is 504 g/mol. The third-order valence-corrected chi connectivity index (χ3v) is 7.80. The van der Waals surface area contributed by atoms with Gasteiger partial charge in [0, 0.05) is 6.04 Å². The van der Waals surface area contributed by atoms with Crippen LogP contribution >= 0.6 is 23.2 Å². The maximum atomic E-state index is 13.5. The summed E-state index contributed by atoms with van der Waals surface area (Å²) in [4.78, 5) is 12.9. The maximum Gasteiger partial charge on any atom is 0.264 e. The molecule has 0 aliphatic heterocycles. The van der Waals surface area contributed by atoms with Crippen molar-refractivity contribution >= 4 is 44.8 Å². The Morgan fingerprint density at radius 1 is 0.970 bits per heavy atom. The van der Waals surface area contributed by atoms with Gasteiger partial charge in [-0.05, 0) is 56.5 Å². The molecule has 1 amide bonds. The predicted octanol–water partition coefficient (Wildman–Crippen LogP) is 5.63. The van der Waals surface area contributed by atoms with Gasteiger partial charge in [0.05, 0.1) is 20.6 Å². The predicted molar refractivity (Wildman–Crippen MR) is 135 cm³/mol. The van der Waals surface area contributed by atoms with E-state index in [0.717, 1.165) is 22.7 Å². The molecule has 0 aliphatic rings. The summed E-state index contributed by atoms with van der Waals surface area (Å²) < 4.78 is 28.0. The molecular formula is C25H26Cl2N2O3S. The number of hydrogen-bond acceptors (Lipinski definition) is 3. The lowest BCUT2D eigenvalue weighted by Crippen LogP contribution is -2.43. The van der Waals surface area contributed by atoms with Crippen molar-refractivity contribution in [2.24, 2.45) is 0 Å². The van der Waals surface area contributed by atoms with Gasteiger partial charge in [-0.1, -0.05) is 77.3 Å². The van der Waals surface area contributed by atoms with Crippen molar-refractivity contribution in [3.05, 3.63) is 94.0 Å². The summed E-state index contributed by atoms with van der Waals surface area (Å²) in [6.45, 7) is 3.34. The molecule has 33 heavy (non-hydrogen) atoms. The van der Waals surface area contributed by atoms with Gasteiger partial charge < -0.3 is 5.32 Å². The van der Waals surface area contributed by atoms with E-state index < -0.39 is 22.5 Å². The largest absolute Gasteiger partial charge is 0.352 e. The molecule has 0 unspecified atom stereocenters. The molecular weight excluding hydrogens is 479 g/mol. The van der Waals surface area contributed by atoms with Crippen molar-refractivity contribution in [1.82, 2.24) is 5.32 Å². The Morgan fingerprint density at radius 3 is 2.30 bits per heavy atom. The first-order valence-electron chi connectivity index (χ1n) is 10.5. The highest BCUT2D eigenvalue weighted by atomic mass is 35.5. The van der Waals surface area contributed by atoms with Crippen molar-refractivity contribution in [3.63, 3.8) is 0 Å². The fraction of sp³-hybridized carbons (Fsp3) is 0.240. The molecule has 174 valence electrons. The number of benzene rings is 3. The summed E-state index contributed by atoms with van der Waals surface area (Å²) in [6.07, 6.45) is 1.52. The zero-order valence-corrected chi connectivity index (χ0v) is 20.8. The van der Waals surface area contributed by atoms with Crippen LogP contribution in [-0.2, 0) is 21.2 Å². The van der Waals surface area contributed by atoms with Gasteiger partial charge in [0.15, 0.2) is 0 Å². The van der Waals surface area contributed by atoms with Gasteiger partial charge in [0.2, 0.25) is 5.91 Å². The van der Waals surface area contributed by atoms with Crippen molar-refractivity contribution in [3.8, 4) is 0 Å². The van der Waals surface area contributed by atoms with E-state index in [0.29, 0.717) is 0 Å². The molecule has 0 heterocycles. The quantitative estimate of drug-likeness (QED) is 0.410. The first-order valence-corrected chi connectivity index (χ1v) is 12.7. The minimum atomic E-state index is -4.07. The number of carbonyl (C=O) groups is 1. The van der Waals surface area contributed by atoms with Gasteiger partial charge in [-0.3, -0.25) is 9.10 Å². The van der Waals surface area contributed by atoms with Crippen molar-refractivity contribution < 1.29 is 13.2 Å². The highest BCUT2D eigenvalue weighted by Gasteiger charge is 2.29. The maximum absolute atomic E-state index is 13.5. The Kier molecular flexibility index (Phi) is 8.40. The summed E-state index contributed by atoms with van der Waals surface area (Å²) in [6, 6.07) is 21.0. The number of anilines is 1. The molecule has 5 nitrogen and oxygen atoms in total. The van der Waals surface area contributed by atoms with E-state index in [9.17, 15) is 13.2 Å². The lowest BCUT2D eigenvalue weighted by Gasteiger charge is -2.26. The molecule has 0 saturated carbocycles. The molecule has 0 spiro atoms. The third kappa shape index (κ3) is 6.50. The molecule has 1 atom stereocenters. The highest BCUT2D eigenvalue weighted by molar-refractivity contribution is 7.92. The number of aryl methyl sites for hydroxylation is 2. The van der Waals surface area contributed by atoms with Crippen LogP contribution in [0.2, 0.25) is 10.0 Å². The fourth-order valence-corrected chi connectivity index (χ4v) is 5.25. The van der Waals surface area contributed by atoms with E-state index in [-0.39, 0.29) is 26.7 Å². The molecule has 8 heteroatoms. The third-order valence-electron chi connectivity index (χ3n) is 5.21. The molecule has 0 aliphatic carbocycles. The van der Waals surface area contributed by atoms with E-state index >= 15 is 0 Å². The Morgan fingerprint density at radius 2 is 1.64 bits per heavy atom. The number of hydrogen-bond donors (Lipinski definition) is 1. The van der Waals surface area contributed by atoms with E-state index in [1.54, 1.807) is 24.3 Å². The second-order valence-corrected chi connectivity index (χ2v) is 10.5. The normalized spacial score (nSPS) is 12.2. The summed E-state index contributed by atoms with van der Waals surface area (Å²) in [7, 11) is -4.07. The van der Waals surface area contributed by atoms with Crippen LogP contribution in [-0.4, -0.2) is 26.9 Å². The summed E-state index contributed by atoms with van der Waals surface area (Å²) in [5.41, 5.74) is 2.25. The topological polar surface area (TPSA) is 66.5 Å². The van der Waals surface area contributed by atoms with Crippen molar-refractivity contribution in [2.75, 3.05) is 10.8 Å². The minimum absolute atomic E-state index is 0.0640. The zero-order chi connectivity index (χ0) is 24.0. The average Bonchev–Trinajstić information content (AvgIpc) is 2.79. The number of amides is 1. The van der Waals surface area contributed by atoms with E-state index in [1.807, 2.05) is 44.2 Å². The van der Waals surface area contributed by atoms with E-state index in [2.05, 4.69) is 5.32 Å². The summed E-state index contributed by atoms with van der Waals surface area (Å²) in [5.74, 6) is -0.428. The second-order valence-electron chi connectivity index (χ2n) is 7.89. The SMILES string of the molecule is Cc1ccc(S(=O)(=O)N(CC(=O)N[C@@H](C)CCc2ccccc2)c2cccc(Cl)c2Cl)cc1. The van der Waals surface area contributed by atoms with Gasteiger partial charge >= 0.3 is 0 Å². The zero-order valence-electron chi connectivity index (χ0n) is 18.5. The number of halogens is 2. The lowest BCUT2D eigenvalue weighted by atomic mass is 10.1. The number of carbonyl (C=O) groups excluding carboxylic acids is 1. The number of sulfonamides is 1.